The third kappa shape index (κ3) is 4.12. The zero-order chi connectivity index (χ0) is 17.5. The van der Waals surface area contributed by atoms with Gasteiger partial charge in [-0.3, -0.25) is 9.59 Å². The lowest BCUT2D eigenvalue weighted by Gasteiger charge is -2.24. The van der Waals surface area contributed by atoms with Gasteiger partial charge in [0.1, 0.15) is 5.41 Å². The molecule has 2 N–H and O–H groups in total. The maximum absolute atomic E-state index is 12.5. The average molecular weight is 316 g/mol. The molecule has 4 nitrogen and oxygen atoms in total. The maximum atomic E-state index is 12.5. The summed E-state index contributed by atoms with van der Waals surface area (Å²) in [6.45, 7) is 12.2. The summed E-state index contributed by atoms with van der Waals surface area (Å²) in [5, 5.41) is 5.81. The van der Waals surface area contributed by atoms with Gasteiger partial charge in [-0.2, -0.15) is 0 Å². The van der Waals surface area contributed by atoms with Crippen LogP contribution in [0.15, 0.2) is 24.3 Å². The van der Waals surface area contributed by atoms with Gasteiger partial charge in [0.25, 0.3) is 0 Å². The van der Waals surface area contributed by atoms with Crippen molar-refractivity contribution >= 4 is 17.5 Å². The molecular weight excluding hydrogens is 288 g/mol. The lowest BCUT2D eigenvalue weighted by molar-refractivity contribution is -0.135. The van der Waals surface area contributed by atoms with Crippen LogP contribution in [0, 0.1) is 5.41 Å². The third-order valence-electron chi connectivity index (χ3n) is 4.12. The molecule has 0 atom stereocenters. The number of hydrogen-bond donors (Lipinski definition) is 2. The Morgan fingerprint density at radius 1 is 0.913 bits per heavy atom. The minimum absolute atomic E-state index is 0.0762. The highest BCUT2D eigenvalue weighted by atomic mass is 16.2. The summed E-state index contributed by atoms with van der Waals surface area (Å²) >= 11 is 0. The van der Waals surface area contributed by atoms with Gasteiger partial charge < -0.3 is 10.6 Å². The molecule has 1 aliphatic rings. The molecule has 1 saturated carbocycles. The van der Waals surface area contributed by atoms with E-state index < -0.39 is 5.41 Å². The fraction of sp³-hybridized carbons (Fsp3) is 0.579. The SMILES string of the molecule is CC(C)(C)NC(=O)C1(C(=O)Nc2ccc(C(C)(C)C)cc2)CC1. The molecule has 23 heavy (non-hydrogen) atoms. The van der Waals surface area contributed by atoms with Crippen molar-refractivity contribution in [2.45, 2.75) is 65.3 Å². The van der Waals surface area contributed by atoms with Crippen LogP contribution in [0.4, 0.5) is 5.69 Å². The highest BCUT2D eigenvalue weighted by Gasteiger charge is 2.57. The Bertz CT molecular complexity index is 600. The zero-order valence-corrected chi connectivity index (χ0v) is 15.0. The molecule has 0 aliphatic heterocycles. The molecule has 0 heterocycles. The first-order valence-corrected chi connectivity index (χ1v) is 8.19. The van der Waals surface area contributed by atoms with Crippen molar-refractivity contribution in [2.24, 2.45) is 5.41 Å². The first-order valence-electron chi connectivity index (χ1n) is 8.19. The Labute approximate surface area is 139 Å². The smallest absolute Gasteiger partial charge is 0.240 e. The summed E-state index contributed by atoms with van der Waals surface area (Å²) in [6, 6.07) is 7.83. The topological polar surface area (TPSA) is 58.2 Å². The van der Waals surface area contributed by atoms with Crippen molar-refractivity contribution in [1.82, 2.24) is 5.32 Å². The van der Waals surface area contributed by atoms with Crippen molar-refractivity contribution in [2.75, 3.05) is 5.32 Å². The molecule has 0 saturated heterocycles. The number of anilines is 1. The van der Waals surface area contributed by atoms with E-state index in [-0.39, 0.29) is 22.8 Å². The van der Waals surface area contributed by atoms with E-state index in [1.54, 1.807) is 0 Å². The van der Waals surface area contributed by atoms with Crippen LogP contribution in [0.3, 0.4) is 0 Å². The van der Waals surface area contributed by atoms with Crippen molar-refractivity contribution in [3.05, 3.63) is 29.8 Å². The van der Waals surface area contributed by atoms with Crippen LogP contribution < -0.4 is 10.6 Å². The molecule has 1 fully saturated rings. The average Bonchev–Trinajstić information content (AvgIpc) is 3.17. The van der Waals surface area contributed by atoms with E-state index in [4.69, 9.17) is 0 Å². The number of hydrogen-bond acceptors (Lipinski definition) is 2. The van der Waals surface area contributed by atoms with Crippen molar-refractivity contribution in [3.63, 3.8) is 0 Å². The van der Waals surface area contributed by atoms with Gasteiger partial charge in [-0.25, -0.2) is 0 Å². The van der Waals surface area contributed by atoms with Crippen LogP contribution >= 0.6 is 0 Å². The summed E-state index contributed by atoms with van der Waals surface area (Å²) in [5.74, 6) is -0.378. The van der Waals surface area contributed by atoms with Gasteiger partial charge in [0, 0.05) is 11.2 Å². The second-order valence-corrected chi connectivity index (χ2v) is 8.57. The van der Waals surface area contributed by atoms with E-state index in [0.717, 1.165) is 5.69 Å². The number of benzene rings is 1. The minimum Gasteiger partial charge on any atom is -0.351 e. The first-order chi connectivity index (χ1) is 10.4. The van der Waals surface area contributed by atoms with Crippen LogP contribution in [-0.2, 0) is 15.0 Å². The molecule has 126 valence electrons. The highest BCUT2D eigenvalue weighted by molar-refractivity contribution is 6.13. The summed E-state index contributed by atoms with van der Waals surface area (Å²) in [7, 11) is 0. The standard InChI is InChI=1S/C19H28N2O2/c1-17(2,3)13-7-9-14(10-8-13)20-15(22)19(11-12-19)16(23)21-18(4,5)6/h7-10H,11-12H2,1-6H3,(H,20,22)(H,21,23). The molecule has 2 amide bonds. The Hall–Kier alpha value is -1.84. The summed E-state index contributed by atoms with van der Waals surface area (Å²) in [4.78, 5) is 24.9. The van der Waals surface area contributed by atoms with Gasteiger partial charge in [-0.1, -0.05) is 32.9 Å². The third-order valence-corrected chi connectivity index (χ3v) is 4.12. The van der Waals surface area contributed by atoms with E-state index >= 15 is 0 Å². The number of rotatable bonds is 3. The molecule has 0 unspecified atom stereocenters. The van der Waals surface area contributed by atoms with E-state index in [1.807, 2.05) is 45.0 Å². The summed E-state index contributed by atoms with van der Waals surface area (Å²) in [6.07, 6.45) is 1.22. The largest absolute Gasteiger partial charge is 0.351 e. The molecule has 0 bridgehead atoms. The van der Waals surface area contributed by atoms with Gasteiger partial charge in [-0.05, 0) is 56.7 Å². The number of carbonyl (C=O) groups is 2. The fourth-order valence-electron chi connectivity index (χ4n) is 2.45. The van der Waals surface area contributed by atoms with Crippen LogP contribution in [0.2, 0.25) is 0 Å². The molecule has 0 aromatic heterocycles. The molecule has 0 radical (unpaired) electrons. The summed E-state index contributed by atoms with van der Waals surface area (Å²) in [5.41, 5.74) is 0.796. The van der Waals surface area contributed by atoms with Gasteiger partial charge in [0.05, 0.1) is 0 Å². The fourth-order valence-corrected chi connectivity index (χ4v) is 2.45. The zero-order valence-electron chi connectivity index (χ0n) is 15.0. The van der Waals surface area contributed by atoms with Crippen LogP contribution in [0.1, 0.15) is 59.9 Å². The summed E-state index contributed by atoms with van der Waals surface area (Å²) < 4.78 is 0. The van der Waals surface area contributed by atoms with Gasteiger partial charge >= 0.3 is 0 Å². The molecular formula is C19H28N2O2. The van der Waals surface area contributed by atoms with Crippen molar-refractivity contribution < 1.29 is 9.59 Å². The van der Waals surface area contributed by atoms with Crippen LogP contribution in [0.25, 0.3) is 0 Å². The molecule has 1 aliphatic carbocycles. The lowest BCUT2D eigenvalue weighted by Crippen LogP contribution is -2.48. The Kier molecular flexibility index (Phi) is 4.31. The van der Waals surface area contributed by atoms with Crippen molar-refractivity contribution in [3.8, 4) is 0 Å². The van der Waals surface area contributed by atoms with E-state index in [2.05, 4.69) is 31.4 Å². The van der Waals surface area contributed by atoms with Crippen LogP contribution in [-0.4, -0.2) is 17.4 Å². The number of carbonyl (C=O) groups excluding carboxylic acids is 2. The second-order valence-electron chi connectivity index (χ2n) is 8.57. The first kappa shape index (κ1) is 17.5. The van der Waals surface area contributed by atoms with Crippen LogP contribution in [0.5, 0.6) is 0 Å². The molecule has 4 heteroatoms. The maximum Gasteiger partial charge on any atom is 0.240 e. The van der Waals surface area contributed by atoms with Gasteiger partial charge in [0.2, 0.25) is 11.8 Å². The Balaban J connectivity index is 2.06. The Morgan fingerprint density at radius 2 is 1.43 bits per heavy atom. The molecule has 0 spiro atoms. The van der Waals surface area contributed by atoms with E-state index in [9.17, 15) is 9.59 Å². The van der Waals surface area contributed by atoms with Gasteiger partial charge in [-0.15, -0.1) is 0 Å². The van der Waals surface area contributed by atoms with E-state index in [1.165, 1.54) is 5.56 Å². The predicted octanol–water partition coefficient (Wildman–Crippen LogP) is 3.62. The van der Waals surface area contributed by atoms with Crippen molar-refractivity contribution in [1.29, 1.82) is 0 Å². The normalized spacial score (nSPS) is 16.6. The monoisotopic (exact) mass is 316 g/mol. The molecule has 1 aromatic rings. The predicted molar refractivity (Wildman–Crippen MR) is 93.3 cm³/mol. The number of amides is 2. The highest BCUT2D eigenvalue weighted by Crippen LogP contribution is 2.47. The Morgan fingerprint density at radius 3 is 1.83 bits per heavy atom. The molecule has 1 aromatic carbocycles. The minimum atomic E-state index is -0.893. The van der Waals surface area contributed by atoms with Gasteiger partial charge in [0.15, 0.2) is 0 Å². The second kappa shape index (κ2) is 5.66. The molecule has 2 rings (SSSR count). The lowest BCUT2D eigenvalue weighted by atomic mass is 9.87. The quantitative estimate of drug-likeness (QED) is 0.837. The number of nitrogens with one attached hydrogen (secondary N) is 2. The van der Waals surface area contributed by atoms with E-state index in [0.29, 0.717) is 12.8 Å².